The summed E-state index contributed by atoms with van der Waals surface area (Å²) in [6, 6.07) is 4.22. The van der Waals surface area contributed by atoms with Crippen LogP contribution < -0.4 is 16.6 Å². The Morgan fingerprint density at radius 3 is 3.00 bits per heavy atom. The molecule has 1 unspecified atom stereocenters. The second-order valence-corrected chi connectivity index (χ2v) is 4.19. The highest BCUT2D eigenvalue weighted by molar-refractivity contribution is 5.99. The lowest BCUT2D eigenvalue weighted by Crippen LogP contribution is -2.41. The van der Waals surface area contributed by atoms with Gasteiger partial charge in [0, 0.05) is 6.61 Å². The Balaban J connectivity index is 2.10. The molecule has 2 rings (SSSR count). The Morgan fingerprint density at radius 1 is 1.50 bits per heavy atom. The molecule has 0 spiro atoms. The predicted molar refractivity (Wildman–Crippen MR) is 65.5 cm³/mol. The third-order valence-electron chi connectivity index (χ3n) is 2.90. The number of para-hydroxylation sites is 1. The Bertz CT molecular complexity index is 433. The number of carbonyl (C=O) groups is 1. The number of benzene rings is 1. The second kappa shape index (κ2) is 5.79. The van der Waals surface area contributed by atoms with Crippen molar-refractivity contribution in [3.63, 3.8) is 0 Å². The van der Waals surface area contributed by atoms with Crippen LogP contribution in [0.25, 0.3) is 0 Å². The van der Waals surface area contributed by atoms with E-state index in [1.54, 1.807) is 0 Å². The van der Waals surface area contributed by atoms with Crippen LogP contribution in [0.1, 0.15) is 23.2 Å². The number of hydrogen-bond donors (Lipinski definition) is 3. The topological polar surface area (TPSA) is 76.4 Å². The molecular formula is C12H16FN3O2. The van der Waals surface area contributed by atoms with E-state index in [1.807, 2.05) is 0 Å². The molecule has 1 amide bonds. The van der Waals surface area contributed by atoms with Gasteiger partial charge in [-0.2, -0.15) is 0 Å². The monoisotopic (exact) mass is 253 g/mol. The number of rotatable bonds is 3. The maximum Gasteiger partial charge on any atom is 0.253 e. The van der Waals surface area contributed by atoms with Gasteiger partial charge in [-0.3, -0.25) is 10.6 Å². The zero-order valence-electron chi connectivity index (χ0n) is 9.91. The van der Waals surface area contributed by atoms with Gasteiger partial charge in [0.25, 0.3) is 5.91 Å². The van der Waals surface area contributed by atoms with E-state index in [2.05, 4.69) is 10.7 Å². The van der Waals surface area contributed by atoms with E-state index in [0.29, 0.717) is 6.61 Å². The van der Waals surface area contributed by atoms with Crippen molar-refractivity contribution in [1.29, 1.82) is 0 Å². The number of anilines is 1. The highest BCUT2D eigenvalue weighted by atomic mass is 19.1. The Kier molecular flexibility index (Phi) is 4.11. The molecule has 18 heavy (non-hydrogen) atoms. The quantitative estimate of drug-likeness (QED) is 0.555. The Hall–Kier alpha value is -1.66. The molecule has 0 saturated carbocycles. The van der Waals surface area contributed by atoms with Crippen LogP contribution in [-0.2, 0) is 4.74 Å². The molecule has 1 aliphatic heterocycles. The molecule has 1 saturated heterocycles. The van der Waals surface area contributed by atoms with Crippen molar-refractivity contribution in [3.05, 3.63) is 29.6 Å². The van der Waals surface area contributed by atoms with Crippen molar-refractivity contribution < 1.29 is 13.9 Å². The first-order valence-corrected chi connectivity index (χ1v) is 5.86. The summed E-state index contributed by atoms with van der Waals surface area (Å²) in [5.74, 6) is 4.33. The van der Waals surface area contributed by atoms with E-state index >= 15 is 0 Å². The van der Waals surface area contributed by atoms with Gasteiger partial charge in [0.05, 0.1) is 23.9 Å². The van der Waals surface area contributed by atoms with E-state index in [9.17, 15) is 9.18 Å². The lowest BCUT2D eigenvalue weighted by Gasteiger charge is -2.23. The number of nitrogen functional groups attached to an aromatic ring is 1. The van der Waals surface area contributed by atoms with E-state index in [-0.39, 0.29) is 23.2 Å². The fraction of sp³-hybridized carbons (Fsp3) is 0.417. The molecule has 0 bridgehead atoms. The third-order valence-corrected chi connectivity index (χ3v) is 2.90. The van der Waals surface area contributed by atoms with Crippen LogP contribution in [0.5, 0.6) is 0 Å². The molecular weight excluding hydrogens is 237 g/mol. The smallest absolute Gasteiger partial charge is 0.253 e. The number of nitrogens with one attached hydrogen (secondary N) is 2. The number of ether oxygens (including phenoxy) is 1. The molecule has 1 heterocycles. The van der Waals surface area contributed by atoms with Gasteiger partial charge < -0.3 is 15.5 Å². The minimum absolute atomic E-state index is 0.00623. The standard InChI is InChI=1S/C12H16FN3O2/c13-10-5-1-4-9(11(10)16-14)12(17)15-8-3-2-6-18-7-8/h1,4-5,8,16H,2-3,6-7,14H2,(H,15,17). The summed E-state index contributed by atoms with van der Waals surface area (Å²) in [4.78, 5) is 12.0. The molecule has 98 valence electrons. The number of nitrogens with two attached hydrogens (primary N) is 1. The lowest BCUT2D eigenvalue weighted by atomic mass is 10.1. The van der Waals surface area contributed by atoms with Crippen LogP contribution in [0, 0.1) is 5.82 Å². The number of hydrazine groups is 1. The van der Waals surface area contributed by atoms with E-state index in [4.69, 9.17) is 10.6 Å². The first-order chi connectivity index (χ1) is 8.72. The average Bonchev–Trinajstić information content (AvgIpc) is 2.39. The van der Waals surface area contributed by atoms with Gasteiger partial charge in [0.1, 0.15) is 5.82 Å². The minimum atomic E-state index is -0.551. The fourth-order valence-corrected chi connectivity index (χ4v) is 1.98. The summed E-state index contributed by atoms with van der Waals surface area (Å²) in [6.07, 6.45) is 1.78. The maximum absolute atomic E-state index is 13.4. The predicted octanol–water partition coefficient (Wildman–Crippen LogP) is 1.02. The first-order valence-electron chi connectivity index (χ1n) is 5.86. The van der Waals surface area contributed by atoms with E-state index in [1.165, 1.54) is 18.2 Å². The molecule has 1 aliphatic rings. The van der Waals surface area contributed by atoms with Gasteiger partial charge in [-0.15, -0.1) is 0 Å². The SMILES string of the molecule is NNc1c(F)cccc1C(=O)NC1CCCOC1. The molecule has 1 atom stereocenters. The number of halogens is 1. The van der Waals surface area contributed by atoms with Gasteiger partial charge in [0.15, 0.2) is 0 Å². The number of carbonyl (C=O) groups excluding carboxylic acids is 1. The molecule has 0 aromatic heterocycles. The maximum atomic E-state index is 13.4. The normalized spacial score (nSPS) is 19.3. The lowest BCUT2D eigenvalue weighted by molar-refractivity contribution is 0.0624. The van der Waals surface area contributed by atoms with Crippen molar-refractivity contribution in [2.45, 2.75) is 18.9 Å². The first kappa shape index (κ1) is 12.8. The third kappa shape index (κ3) is 2.77. The highest BCUT2D eigenvalue weighted by Gasteiger charge is 2.20. The largest absolute Gasteiger partial charge is 0.379 e. The second-order valence-electron chi connectivity index (χ2n) is 4.19. The van der Waals surface area contributed by atoms with Crippen LogP contribution in [-0.4, -0.2) is 25.2 Å². The van der Waals surface area contributed by atoms with Gasteiger partial charge in [-0.05, 0) is 25.0 Å². The summed E-state index contributed by atoms with van der Waals surface area (Å²) in [7, 11) is 0. The van der Waals surface area contributed by atoms with Crippen molar-refractivity contribution in [2.24, 2.45) is 5.84 Å². The molecule has 5 nitrogen and oxygen atoms in total. The minimum Gasteiger partial charge on any atom is -0.379 e. The van der Waals surface area contributed by atoms with Crippen LogP contribution in [0.2, 0.25) is 0 Å². The van der Waals surface area contributed by atoms with Crippen LogP contribution in [0.4, 0.5) is 10.1 Å². The van der Waals surface area contributed by atoms with Crippen molar-refractivity contribution in [1.82, 2.24) is 5.32 Å². The molecule has 4 N–H and O–H groups in total. The Morgan fingerprint density at radius 2 is 2.33 bits per heavy atom. The molecule has 1 fully saturated rings. The van der Waals surface area contributed by atoms with E-state index < -0.39 is 5.82 Å². The molecule has 0 aliphatic carbocycles. The van der Waals surface area contributed by atoms with Crippen LogP contribution in [0.3, 0.4) is 0 Å². The van der Waals surface area contributed by atoms with E-state index in [0.717, 1.165) is 19.4 Å². The van der Waals surface area contributed by atoms with Gasteiger partial charge >= 0.3 is 0 Å². The highest BCUT2D eigenvalue weighted by Crippen LogP contribution is 2.19. The van der Waals surface area contributed by atoms with Crippen molar-refractivity contribution >= 4 is 11.6 Å². The van der Waals surface area contributed by atoms with Crippen molar-refractivity contribution in [2.75, 3.05) is 18.6 Å². The van der Waals surface area contributed by atoms with Gasteiger partial charge in [-0.25, -0.2) is 4.39 Å². The number of amides is 1. The summed E-state index contributed by atoms with van der Waals surface area (Å²) in [5.41, 5.74) is 2.42. The summed E-state index contributed by atoms with van der Waals surface area (Å²) < 4.78 is 18.7. The van der Waals surface area contributed by atoms with Crippen LogP contribution >= 0.6 is 0 Å². The van der Waals surface area contributed by atoms with Gasteiger partial charge in [-0.1, -0.05) is 6.07 Å². The Labute approximate surface area is 104 Å². The molecule has 1 aromatic rings. The summed E-state index contributed by atoms with van der Waals surface area (Å²) in [5, 5.41) is 2.81. The molecule has 1 aromatic carbocycles. The van der Waals surface area contributed by atoms with Gasteiger partial charge in [0.2, 0.25) is 0 Å². The van der Waals surface area contributed by atoms with Crippen LogP contribution in [0.15, 0.2) is 18.2 Å². The molecule has 6 heteroatoms. The zero-order valence-corrected chi connectivity index (χ0v) is 9.91. The van der Waals surface area contributed by atoms with Crippen molar-refractivity contribution in [3.8, 4) is 0 Å². The number of hydrogen-bond acceptors (Lipinski definition) is 4. The fourth-order valence-electron chi connectivity index (χ4n) is 1.98. The average molecular weight is 253 g/mol. The summed E-state index contributed by atoms with van der Waals surface area (Å²) in [6.45, 7) is 1.22. The molecule has 0 radical (unpaired) electrons. The zero-order chi connectivity index (χ0) is 13.0. The summed E-state index contributed by atoms with van der Waals surface area (Å²) >= 11 is 0.